The van der Waals surface area contributed by atoms with Crippen LogP contribution in [0.4, 0.5) is 5.95 Å². The Kier molecular flexibility index (Phi) is 3.46. The lowest BCUT2D eigenvalue weighted by Crippen LogP contribution is -2.32. The van der Waals surface area contributed by atoms with Crippen molar-refractivity contribution < 1.29 is 9.90 Å². The molecule has 0 saturated carbocycles. The van der Waals surface area contributed by atoms with Crippen molar-refractivity contribution in [1.29, 1.82) is 0 Å². The van der Waals surface area contributed by atoms with Crippen LogP contribution < -0.4 is 5.32 Å². The first-order valence-electron chi connectivity index (χ1n) is 5.82. The number of carbonyl (C=O) groups is 1. The zero-order chi connectivity index (χ0) is 13.9. The third kappa shape index (κ3) is 2.87. The van der Waals surface area contributed by atoms with Gasteiger partial charge in [-0.05, 0) is 36.4 Å². The van der Waals surface area contributed by atoms with Gasteiger partial charge in [-0.15, -0.1) is 0 Å². The number of nitrogens with one attached hydrogen (secondary N) is 1. The van der Waals surface area contributed by atoms with Crippen LogP contribution in [0.5, 0.6) is 0 Å². The predicted molar refractivity (Wildman–Crippen MR) is 69.1 cm³/mol. The molecule has 0 unspecified atom stereocenters. The highest BCUT2D eigenvalue weighted by molar-refractivity contribution is 5.74. The van der Waals surface area contributed by atoms with Crippen LogP contribution in [0.15, 0.2) is 30.3 Å². The van der Waals surface area contributed by atoms with Gasteiger partial charge in [0, 0.05) is 6.54 Å². The Hall–Kier alpha value is -2.44. The van der Waals surface area contributed by atoms with Crippen LogP contribution in [0.3, 0.4) is 0 Å². The SMILES string of the molecule is CC(C)(CNc1nnnn1-c1ccccc1)C(=O)O. The minimum Gasteiger partial charge on any atom is -0.481 e. The van der Waals surface area contributed by atoms with Crippen LogP contribution in [0, 0.1) is 5.41 Å². The minimum absolute atomic E-state index is 0.232. The molecule has 0 amide bonds. The number of rotatable bonds is 5. The molecule has 0 atom stereocenters. The van der Waals surface area contributed by atoms with Gasteiger partial charge in [-0.1, -0.05) is 23.3 Å². The molecule has 2 N–H and O–H groups in total. The Balaban J connectivity index is 2.16. The Bertz CT molecular complexity index is 565. The van der Waals surface area contributed by atoms with Crippen LogP contribution in [0.2, 0.25) is 0 Å². The van der Waals surface area contributed by atoms with Crippen LogP contribution in [-0.2, 0) is 4.79 Å². The molecule has 2 aromatic rings. The summed E-state index contributed by atoms with van der Waals surface area (Å²) in [7, 11) is 0. The van der Waals surface area contributed by atoms with Gasteiger partial charge in [-0.25, -0.2) is 0 Å². The minimum atomic E-state index is -0.895. The van der Waals surface area contributed by atoms with Crippen molar-refractivity contribution in [3.05, 3.63) is 30.3 Å². The Morgan fingerprint density at radius 2 is 2.05 bits per heavy atom. The zero-order valence-electron chi connectivity index (χ0n) is 10.7. The highest BCUT2D eigenvalue weighted by atomic mass is 16.4. The number of para-hydroxylation sites is 1. The fourth-order valence-corrected chi connectivity index (χ4v) is 1.42. The summed E-state index contributed by atoms with van der Waals surface area (Å²) in [6.07, 6.45) is 0. The molecular weight excluding hydrogens is 246 g/mol. The molecule has 0 bridgehead atoms. The Labute approximate surface area is 110 Å². The van der Waals surface area contributed by atoms with Gasteiger partial charge in [0.05, 0.1) is 11.1 Å². The molecule has 0 saturated heterocycles. The topological polar surface area (TPSA) is 92.9 Å². The maximum atomic E-state index is 11.0. The van der Waals surface area contributed by atoms with Gasteiger partial charge < -0.3 is 10.4 Å². The van der Waals surface area contributed by atoms with E-state index in [1.165, 1.54) is 4.68 Å². The van der Waals surface area contributed by atoms with Crippen LogP contribution in [0.25, 0.3) is 5.69 Å². The van der Waals surface area contributed by atoms with E-state index >= 15 is 0 Å². The number of carboxylic acid groups (broad SMARTS) is 1. The molecule has 7 heteroatoms. The number of nitrogens with zero attached hydrogens (tertiary/aromatic N) is 4. The monoisotopic (exact) mass is 261 g/mol. The molecule has 100 valence electrons. The molecule has 7 nitrogen and oxygen atoms in total. The Morgan fingerprint density at radius 3 is 2.68 bits per heavy atom. The van der Waals surface area contributed by atoms with Crippen LogP contribution in [-0.4, -0.2) is 37.8 Å². The normalized spacial score (nSPS) is 11.3. The number of benzene rings is 1. The predicted octanol–water partition coefficient (Wildman–Crippen LogP) is 1.18. The first-order valence-corrected chi connectivity index (χ1v) is 5.82. The van der Waals surface area contributed by atoms with Gasteiger partial charge in [-0.3, -0.25) is 4.79 Å². The van der Waals surface area contributed by atoms with Crippen molar-refractivity contribution in [3.63, 3.8) is 0 Å². The second kappa shape index (κ2) is 5.05. The average molecular weight is 261 g/mol. The van der Waals surface area contributed by atoms with E-state index in [0.717, 1.165) is 5.69 Å². The van der Waals surface area contributed by atoms with E-state index in [9.17, 15) is 4.79 Å². The van der Waals surface area contributed by atoms with E-state index < -0.39 is 11.4 Å². The standard InChI is InChI=1S/C12H15N5O2/c1-12(2,10(18)19)8-13-11-14-15-16-17(11)9-6-4-3-5-7-9/h3-7H,8H2,1-2H3,(H,18,19)(H,13,14,16). The van der Waals surface area contributed by atoms with Gasteiger partial charge in [0.15, 0.2) is 0 Å². The smallest absolute Gasteiger partial charge is 0.310 e. The zero-order valence-corrected chi connectivity index (χ0v) is 10.7. The third-order valence-electron chi connectivity index (χ3n) is 2.74. The number of aromatic nitrogens is 4. The number of tetrazole rings is 1. The molecule has 0 fully saturated rings. The molecule has 1 aromatic heterocycles. The van der Waals surface area contributed by atoms with E-state index in [1.807, 2.05) is 30.3 Å². The van der Waals surface area contributed by atoms with Crippen molar-refractivity contribution in [1.82, 2.24) is 20.2 Å². The summed E-state index contributed by atoms with van der Waals surface area (Å²) in [5, 5.41) is 23.3. The second-order valence-electron chi connectivity index (χ2n) is 4.79. The summed E-state index contributed by atoms with van der Waals surface area (Å²) < 4.78 is 1.53. The number of aliphatic carboxylic acids is 1. The lowest BCUT2D eigenvalue weighted by atomic mass is 9.94. The summed E-state index contributed by atoms with van der Waals surface area (Å²) in [6, 6.07) is 9.38. The molecule has 2 rings (SSSR count). The van der Waals surface area contributed by atoms with Gasteiger partial charge in [0.1, 0.15) is 0 Å². The maximum absolute atomic E-state index is 11.0. The number of hydrogen-bond donors (Lipinski definition) is 2. The van der Waals surface area contributed by atoms with Gasteiger partial charge in [0.2, 0.25) is 5.95 Å². The number of anilines is 1. The molecule has 0 radical (unpaired) electrons. The highest BCUT2D eigenvalue weighted by Gasteiger charge is 2.27. The fourth-order valence-electron chi connectivity index (χ4n) is 1.42. The van der Waals surface area contributed by atoms with E-state index in [4.69, 9.17) is 5.11 Å². The summed E-state index contributed by atoms with van der Waals surface area (Å²) in [5.74, 6) is -0.459. The molecule has 19 heavy (non-hydrogen) atoms. The summed E-state index contributed by atoms with van der Waals surface area (Å²) >= 11 is 0. The van der Waals surface area contributed by atoms with Crippen molar-refractivity contribution >= 4 is 11.9 Å². The quantitative estimate of drug-likeness (QED) is 0.839. The molecular formula is C12H15N5O2. The van der Waals surface area contributed by atoms with Crippen LogP contribution >= 0.6 is 0 Å². The third-order valence-corrected chi connectivity index (χ3v) is 2.74. The molecule has 1 heterocycles. The Morgan fingerprint density at radius 1 is 1.37 bits per heavy atom. The van der Waals surface area contributed by atoms with Gasteiger partial charge >= 0.3 is 5.97 Å². The fraction of sp³-hybridized carbons (Fsp3) is 0.333. The second-order valence-corrected chi connectivity index (χ2v) is 4.79. The summed E-state index contributed by atoms with van der Waals surface area (Å²) in [5.41, 5.74) is -0.0869. The average Bonchev–Trinajstić information content (AvgIpc) is 2.85. The van der Waals surface area contributed by atoms with Gasteiger partial charge in [-0.2, -0.15) is 4.68 Å². The molecule has 1 aromatic carbocycles. The lowest BCUT2D eigenvalue weighted by molar-refractivity contribution is -0.146. The molecule has 0 spiro atoms. The van der Waals surface area contributed by atoms with E-state index in [-0.39, 0.29) is 6.54 Å². The van der Waals surface area contributed by atoms with Crippen LogP contribution in [0.1, 0.15) is 13.8 Å². The highest BCUT2D eigenvalue weighted by Crippen LogP contribution is 2.17. The van der Waals surface area contributed by atoms with Crippen molar-refractivity contribution in [2.24, 2.45) is 5.41 Å². The largest absolute Gasteiger partial charge is 0.481 e. The first-order chi connectivity index (χ1) is 9.00. The summed E-state index contributed by atoms with van der Waals surface area (Å²) in [6.45, 7) is 3.51. The summed E-state index contributed by atoms with van der Waals surface area (Å²) in [4.78, 5) is 11.0. The van der Waals surface area contributed by atoms with Crippen molar-refractivity contribution in [3.8, 4) is 5.69 Å². The first kappa shape index (κ1) is 13.0. The van der Waals surface area contributed by atoms with E-state index in [1.54, 1.807) is 13.8 Å². The maximum Gasteiger partial charge on any atom is 0.310 e. The van der Waals surface area contributed by atoms with E-state index in [0.29, 0.717) is 5.95 Å². The molecule has 0 aliphatic rings. The number of hydrogen-bond acceptors (Lipinski definition) is 5. The molecule has 0 aliphatic heterocycles. The van der Waals surface area contributed by atoms with Crippen molar-refractivity contribution in [2.45, 2.75) is 13.8 Å². The number of carboxylic acids is 1. The lowest BCUT2D eigenvalue weighted by Gasteiger charge is -2.19. The van der Waals surface area contributed by atoms with Gasteiger partial charge in [0.25, 0.3) is 0 Å². The van der Waals surface area contributed by atoms with Crippen molar-refractivity contribution in [2.75, 3.05) is 11.9 Å². The van der Waals surface area contributed by atoms with E-state index in [2.05, 4.69) is 20.8 Å². The molecule has 0 aliphatic carbocycles.